The SMILES string of the molecule is CCCc1c(Cl)cccc1CN(C)CC(=O)O. The molecule has 17 heavy (non-hydrogen) atoms. The van der Waals surface area contributed by atoms with E-state index in [9.17, 15) is 4.79 Å². The van der Waals surface area contributed by atoms with Crippen LogP contribution in [0.5, 0.6) is 0 Å². The average Bonchev–Trinajstić information content (AvgIpc) is 2.22. The van der Waals surface area contributed by atoms with Gasteiger partial charge in [-0.15, -0.1) is 0 Å². The Morgan fingerprint density at radius 2 is 2.18 bits per heavy atom. The molecule has 1 N–H and O–H groups in total. The highest BCUT2D eigenvalue weighted by atomic mass is 35.5. The molecule has 0 saturated carbocycles. The van der Waals surface area contributed by atoms with Gasteiger partial charge in [-0.05, 0) is 30.7 Å². The van der Waals surface area contributed by atoms with Crippen LogP contribution >= 0.6 is 11.6 Å². The second-order valence-corrected chi connectivity index (χ2v) is 4.60. The fourth-order valence-corrected chi connectivity index (χ4v) is 2.15. The Hall–Kier alpha value is -1.06. The summed E-state index contributed by atoms with van der Waals surface area (Å²) in [6, 6.07) is 5.80. The number of halogens is 1. The lowest BCUT2D eigenvalue weighted by atomic mass is 10.0. The van der Waals surface area contributed by atoms with Crippen LogP contribution in [0.3, 0.4) is 0 Å². The zero-order chi connectivity index (χ0) is 12.8. The molecule has 0 aliphatic rings. The number of hydrogen-bond donors (Lipinski definition) is 1. The van der Waals surface area contributed by atoms with Gasteiger partial charge in [0.05, 0.1) is 6.54 Å². The van der Waals surface area contributed by atoms with Crippen LogP contribution in [0.1, 0.15) is 24.5 Å². The smallest absolute Gasteiger partial charge is 0.317 e. The Morgan fingerprint density at radius 3 is 2.76 bits per heavy atom. The van der Waals surface area contributed by atoms with Crippen molar-refractivity contribution in [1.29, 1.82) is 0 Å². The van der Waals surface area contributed by atoms with Crippen molar-refractivity contribution in [3.05, 3.63) is 34.3 Å². The van der Waals surface area contributed by atoms with Crippen molar-refractivity contribution in [2.45, 2.75) is 26.3 Å². The molecule has 1 rings (SSSR count). The van der Waals surface area contributed by atoms with E-state index in [2.05, 4.69) is 6.92 Å². The van der Waals surface area contributed by atoms with Crippen LogP contribution in [0.25, 0.3) is 0 Å². The summed E-state index contributed by atoms with van der Waals surface area (Å²) in [5.74, 6) is -0.813. The largest absolute Gasteiger partial charge is 0.480 e. The average molecular weight is 256 g/mol. The molecule has 0 aliphatic heterocycles. The third kappa shape index (κ3) is 4.36. The van der Waals surface area contributed by atoms with Crippen molar-refractivity contribution in [3.8, 4) is 0 Å². The van der Waals surface area contributed by atoms with E-state index in [4.69, 9.17) is 16.7 Å². The first-order valence-corrected chi connectivity index (χ1v) is 6.09. The molecule has 0 saturated heterocycles. The number of nitrogens with zero attached hydrogens (tertiary/aromatic N) is 1. The van der Waals surface area contributed by atoms with Crippen molar-refractivity contribution < 1.29 is 9.90 Å². The van der Waals surface area contributed by atoms with Crippen molar-refractivity contribution in [2.75, 3.05) is 13.6 Å². The lowest BCUT2D eigenvalue weighted by Crippen LogP contribution is -2.25. The molecule has 0 bridgehead atoms. The monoisotopic (exact) mass is 255 g/mol. The van der Waals surface area contributed by atoms with Crippen molar-refractivity contribution in [1.82, 2.24) is 4.90 Å². The van der Waals surface area contributed by atoms with Crippen molar-refractivity contribution in [3.63, 3.8) is 0 Å². The van der Waals surface area contributed by atoms with Gasteiger partial charge < -0.3 is 5.11 Å². The lowest BCUT2D eigenvalue weighted by molar-refractivity contribution is -0.138. The number of carboxylic acids is 1. The maximum atomic E-state index is 10.6. The van der Waals surface area contributed by atoms with E-state index in [1.807, 2.05) is 18.2 Å². The third-order valence-corrected chi connectivity index (χ3v) is 2.92. The van der Waals surface area contributed by atoms with E-state index in [-0.39, 0.29) is 6.54 Å². The summed E-state index contributed by atoms with van der Waals surface area (Å²) >= 11 is 6.16. The number of carbonyl (C=O) groups is 1. The van der Waals surface area contributed by atoms with E-state index in [1.54, 1.807) is 11.9 Å². The van der Waals surface area contributed by atoms with E-state index >= 15 is 0 Å². The standard InChI is InChI=1S/C13H18ClNO2/c1-3-5-11-10(6-4-7-12(11)14)8-15(2)9-13(16)17/h4,6-7H,3,5,8-9H2,1-2H3,(H,16,17). The normalized spacial score (nSPS) is 10.8. The predicted octanol–water partition coefficient (Wildman–Crippen LogP) is 2.81. The zero-order valence-corrected chi connectivity index (χ0v) is 11.0. The van der Waals surface area contributed by atoms with E-state index < -0.39 is 5.97 Å². The first-order valence-electron chi connectivity index (χ1n) is 5.71. The van der Waals surface area contributed by atoms with Crippen LogP contribution < -0.4 is 0 Å². The van der Waals surface area contributed by atoms with Gasteiger partial charge in [-0.3, -0.25) is 9.69 Å². The van der Waals surface area contributed by atoms with E-state index in [0.29, 0.717) is 6.54 Å². The topological polar surface area (TPSA) is 40.5 Å². The van der Waals surface area contributed by atoms with Crippen molar-refractivity contribution in [2.24, 2.45) is 0 Å². The highest BCUT2D eigenvalue weighted by Gasteiger charge is 2.10. The molecule has 4 heteroatoms. The van der Waals surface area contributed by atoms with Gasteiger partial charge in [0, 0.05) is 11.6 Å². The van der Waals surface area contributed by atoms with E-state index in [0.717, 1.165) is 29.0 Å². The summed E-state index contributed by atoms with van der Waals surface area (Å²) < 4.78 is 0. The fraction of sp³-hybridized carbons (Fsp3) is 0.462. The quantitative estimate of drug-likeness (QED) is 0.850. The minimum absolute atomic E-state index is 0.0398. The highest BCUT2D eigenvalue weighted by molar-refractivity contribution is 6.31. The number of aliphatic carboxylic acids is 1. The van der Waals surface area contributed by atoms with Gasteiger partial charge in [-0.1, -0.05) is 37.1 Å². The van der Waals surface area contributed by atoms with Gasteiger partial charge in [0.2, 0.25) is 0 Å². The highest BCUT2D eigenvalue weighted by Crippen LogP contribution is 2.22. The molecule has 0 aromatic heterocycles. The zero-order valence-electron chi connectivity index (χ0n) is 10.2. The van der Waals surface area contributed by atoms with Gasteiger partial charge in [-0.2, -0.15) is 0 Å². The molecular weight excluding hydrogens is 238 g/mol. The van der Waals surface area contributed by atoms with Gasteiger partial charge in [-0.25, -0.2) is 0 Å². The molecule has 0 fully saturated rings. The summed E-state index contributed by atoms with van der Waals surface area (Å²) in [6.07, 6.45) is 1.95. The Kier molecular flexibility index (Phi) is 5.45. The maximum Gasteiger partial charge on any atom is 0.317 e. The summed E-state index contributed by atoms with van der Waals surface area (Å²) in [4.78, 5) is 12.4. The second kappa shape index (κ2) is 6.62. The Morgan fingerprint density at radius 1 is 1.47 bits per heavy atom. The minimum atomic E-state index is -0.813. The Labute approximate surface area is 107 Å². The number of benzene rings is 1. The Bertz CT molecular complexity index is 393. The number of carboxylic acid groups (broad SMARTS) is 1. The molecule has 1 aromatic rings. The molecule has 3 nitrogen and oxygen atoms in total. The molecule has 0 aliphatic carbocycles. The van der Waals surface area contributed by atoms with Crippen LogP contribution in [-0.2, 0) is 17.8 Å². The first-order chi connectivity index (χ1) is 8.04. The molecule has 94 valence electrons. The second-order valence-electron chi connectivity index (χ2n) is 4.19. The van der Waals surface area contributed by atoms with Gasteiger partial charge >= 0.3 is 5.97 Å². The van der Waals surface area contributed by atoms with E-state index in [1.165, 1.54) is 0 Å². The van der Waals surface area contributed by atoms with Gasteiger partial charge in [0.1, 0.15) is 0 Å². The molecule has 1 aromatic carbocycles. The first kappa shape index (κ1) is 14.0. The van der Waals surface area contributed by atoms with Crippen LogP contribution in [0, 0.1) is 0 Å². The summed E-state index contributed by atoms with van der Waals surface area (Å²) in [6.45, 7) is 2.76. The number of likely N-dealkylation sites (N-methyl/N-ethyl adjacent to an activating group) is 1. The summed E-state index contributed by atoms with van der Waals surface area (Å²) in [5.41, 5.74) is 2.25. The molecule has 0 atom stereocenters. The predicted molar refractivity (Wildman–Crippen MR) is 69.4 cm³/mol. The van der Waals surface area contributed by atoms with Crippen LogP contribution in [0.2, 0.25) is 5.02 Å². The molecule has 0 heterocycles. The Balaban J connectivity index is 2.82. The molecular formula is C13H18ClNO2. The third-order valence-electron chi connectivity index (χ3n) is 2.56. The maximum absolute atomic E-state index is 10.6. The molecule has 0 unspecified atom stereocenters. The fourth-order valence-electron chi connectivity index (χ4n) is 1.86. The molecule has 0 radical (unpaired) electrons. The summed E-state index contributed by atoms with van der Waals surface area (Å²) in [7, 11) is 1.80. The molecule has 0 spiro atoms. The molecule has 0 amide bonds. The van der Waals surface area contributed by atoms with Crippen LogP contribution in [0.4, 0.5) is 0 Å². The van der Waals surface area contributed by atoms with Gasteiger partial charge in [0.25, 0.3) is 0 Å². The lowest BCUT2D eigenvalue weighted by Gasteiger charge is -2.17. The number of rotatable bonds is 6. The van der Waals surface area contributed by atoms with Crippen LogP contribution in [0.15, 0.2) is 18.2 Å². The van der Waals surface area contributed by atoms with Crippen molar-refractivity contribution >= 4 is 17.6 Å². The van der Waals surface area contributed by atoms with Gasteiger partial charge in [0.15, 0.2) is 0 Å². The summed E-state index contributed by atoms with van der Waals surface area (Å²) in [5, 5.41) is 9.49. The van der Waals surface area contributed by atoms with Crippen LogP contribution in [-0.4, -0.2) is 29.6 Å². The number of hydrogen-bond acceptors (Lipinski definition) is 2. The minimum Gasteiger partial charge on any atom is -0.480 e.